The highest BCUT2D eigenvalue weighted by Gasteiger charge is 2.26. The molecule has 1 aliphatic rings. The number of rotatable bonds is 7. The minimum atomic E-state index is 0.380. The van der Waals surface area contributed by atoms with Gasteiger partial charge >= 0.3 is 0 Å². The van der Waals surface area contributed by atoms with Gasteiger partial charge in [0.15, 0.2) is 0 Å². The van der Waals surface area contributed by atoms with Crippen molar-refractivity contribution in [2.24, 2.45) is 5.92 Å². The van der Waals surface area contributed by atoms with Gasteiger partial charge in [0, 0.05) is 45.1 Å². The summed E-state index contributed by atoms with van der Waals surface area (Å²) in [4.78, 5) is 6.81. The van der Waals surface area contributed by atoms with Crippen molar-refractivity contribution in [1.29, 1.82) is 5.26 Å². The molecule has 0 radical (unpaired) electrons. The molecule has 1 fully saturated rings. The van der Waals surface area contributed by atoms with Crippen LogP contribution in [0.5, 0.6) is 0 Å². The van der Waals surface area contributed by atoms with Crippen LogP contribution in [0, 0.1) is 17.2 Å². The molecule has 2 unspecified atom stereocenters. The lowest BCUT2D eigenvalue weighted by Crippen LogP contribution is -2.45. The highest BCUT2D eigenvalue weighted by molar-refractivity contribution is 5.51. The third-order valence-electron chi connectivity index (χ3n) is 4.21. The number of hydrogen-bond acceptors (Lipinski definition) is 5. The van der Waals surface area contributed by atoms with E-state index in [1.165, 1.54) is 0 Å². The average molecular weight is 302 g/mol. The Kier molecular flexibility index (Phi) is 6.63. The van der Waals surface area contributed by atoms with E-state index in [0.29, 0.717) is 23.3 Å². The fourth-order valence-corrected chi connectivity index (χ4v) is 2.97. The van der Waals surface area contributed by atoms with Gasteiger partial charge < -0.3 is 15.0 Å². The highest BCUT2D eigenvalue weighted by atomic mass is 16.5. The number of nitriles is 1. The van der Waals surface area contributed by atoms with Crippen LogP contribution in [0.2, 0.25) is 0 Å². The van der Waals surface area contributed by atoms with Crippen molar-refractivity contribution in [2.45, 2.75) is 32.7 Å². The topological polar surface area (TPSA) is 61.2 Å². The lowest BCUT2D eigenvalue weighted by molar-refractivity contribution is 0.117. The number of aromatic nitrogens is 1. The summed E-state index contributed by atoms with van der Waals surface area (Å²) in [5.41, 5.74) is 0.619. The van der Waals surface area contributed by atoms with E-state index in [9.17, 15) is 0 Å². The summed E-state index contributed by atoms with van der Waals surface area (Å²) < 4.78 is 5.40. The van der Waals surface area contributed by atoms with Crippen LogP contribution in [-0.4, -0.2) is 48.8 Å². The van der Waals surface area contributed by atoms with Crippen LogP contribution in [0.4, 0.5) is 5.82 Å². The van der Waals surface area contributed by atoms with E-state index in [1.54, 1.807) is 12.3 Å². The second-order valence-corrected chi connectivity index (χ2v) is 5.88. The smallest absolute Gasteiger partial charge is 0.144 e. The zero-order chi connectivity index (χ0) is 15.8. The van der Waals surface area contributed by atoms with Gasteiger partial charge in [0.2, 0.25) is 0 Å². The predicted octanol–water partition coefficient (Wildman–Crippen LogP) is 2.50. The first-order chi connectivity index (χ1) is 10.7. The van der Waals surface area contributed by atoms with Crippen LogP contribution < -0.4 is 5.32 Å². The molecule has 5 nitrogen and oxygen atoms in total. The molecule has 0 spiro atoms. The number of nitrogens with one attached hydrogen (secondary N) is 1. The number of nitrogens with zero attached hydrogens (tertiary/aromatic N) is 3. The maximum absolute atomic E-state index is 9.15. The summed E-state index contributed by atoms with van der Waals surface area (Å²) in [5, 5.41) is 12.6. The minimum absolute atomic E-state index is 0.380. The number of piperidine rings is 1. The van der Waals surface area contributed by atoms with Gasteiger partial charge in [-0.15, -0.1) is 0 Å². The fraction of sp³-hybridized carbons (Fsp3) is 0.647. The minimum Gasteiger partial charge on any atom is -0.382 e. The summed E-state index contributed by atoms with van der Waals surface area (Å²) >= 11 is 0. The number of pyridine rings is 1. The van der Waals surface area contributed by atoms with Crippen molar-refractivity contribution in [3.63, 3.8) is 0 Å². The zero-order valence-corrected chi connectivity index (χ0v) is 13.6. The largest absolute Gasteiger partial charge is 0.382 e. The third-order valence-corrected chi connectivity index (χ3v) is 4.21. The number of hydrogen-bond donors (Lipinski definition) is 1. The molecule has 0 bridgehead atoms. The van der Waals surface area contributed by atoms with Gasteiger partial charge in [-0.25, -0.2) is 4.98 Å². The summed E-state index contributed by atoms with van der Waals surface area (Å²) in [6, 6.07) is 6.19. The molecular weight excluding hydrogens is 276 g/mol. The molecule has 5 heteroatoms. The standard InChI is InChI=1S/C17H26N4O/c1-3-22-11-5-9-21-10-7-16(14(2)13-21)20-17-15(12-18)6-4-8-19-17/h4,6,8,14,16H,3,5,7,9-11,13H2,1-2H3,(H,19,20). The third kappa shape index (κ3) is 4.69. The Morgan fingerprint density at radius 1 is 1.55 bits per heavy atom. The molecule has 120 valence electrons. The maximum Gasteiger partial charge on any atom is 0.144 e. The Morgan fingerprint density at radius 3 is 3.14 bits per heavy atom. The number of anilines is 1. The molecule has 22 heavy (non-hydrogen) atoms. The molecule has 1 aliphatic heterocycles. The fourth-order valence-electron chi connectivity index (χ4n) is 2.97. The predicted molar refractivity (Wildman–Crippen MR) is 87.7 cm³/mol. The van der Waals surface area contributed by atoms with Crippen molar-refractivity contribution in [2.75, 3.05) is 38.2 Å². The van der Waals surface area contributed by atoms with E-state index >= 15 is 0 Å². The van der Waals surface area contributed by atoms with Crippen LogP contribution >= 0.6 is 0 Å². The van der Waals surface area contributed by atoms with E-state index in [1.807, 2.05) is 13.0 Å². The summed E-state index contributed by atoms with van der Waals surface area (Å²) in [5.74, 6) is 1.25. The van der Waals surface area contributed by atoms with Gasteiger partial charge in [-0.05, 0) is 37.8 Å². The molecule has 0 saturated carbocycles. The number of likely N-dealkylation sites (tertiary alicyclic amines) is 1. The van der Waals surface area contributed by atoms with Crippen molar-refractivity contribution in [1.82, 2.24) is 9.88 Å². The summed E-state index contributed by atoms with van der Waals surface area (Å²) in [6.07, 6.45) is 3.91. The maximum atomic E-state index is 9.15. The highest BCUT2D eigenvalue weighted by Crippen LogP contribution is 2.22. The molecule has 1 aromatic heterocycles. The van der Waals surface area contributed by atoms with E-state index in [4.69, 9.17) is 10.00 Å². The molecule has 0 aromatic carbocycles. The lowest BCUT2D eigenvalue weighted by Gasteiger charge is -2.37. The Labute approximate surface area is 133 Å². The second kappa shape index (κ2) is 8.72. The van der Waals surface area contributed by atoms with E-state index in [2.05, 4.69) is 28.2 Å². The van der Waals surface area contributed by atoms with E-state index < -0.39 is 0 Å². The van der Waals surface area contributed by atoms with Crippen molar-refractivity contribution in [3.05, 3.63) is 23.9 Å². The first kappa shape index (κ1) is 16.7. The Balaban J connectivity index is 1.82. The molecule has 1 aromatic rings. The van der Waals surface area contributed by atoms with E-state index in [-0.39, 0.29) is 0 Å². The van der Waals surface area contributed by atoms with Crippen LogP contribution in [0.3, 0.4) is 0 Å². The Bertz CT molecular complexity index is 500. The van der Waals surface area contributed by atoms with Gasteiger partial charge in [0.25, 0.3) is 0 Å². The van der Waals surface area contributed by atoms with Gasteiger partial charge in [-0.2, -0.15) is 5.26 Å². The normalized spacial score (nSPS) is 22.2. The first-order valence-electron chi connectivity index (χ1n) is 8.16. The molecule has 2 rings (SSSR count). The van der Waals surface area contributed by atoms with Crippen LogP contribution in [0.1, 0.15) is 32.3 Å². The quantitative estimate of drug-likeness (QED) is 0.784. The lowest BCUT2D eigenvalue weighted by atomic mass is 9.93. The van der Waals surface area contributed by atoms with Crippen molar-refractivity contribution >= 4 is 5.82 Å². The zero-order valence-electron chi connectivity index (χ0n) is 13.6. The van der Waals surface area contributed by atoms with Gasteiger partial charge in [-0.1, -0.05) is 6.92 Å². The SMILES string of the molecule is CCOCCCN1CCC(Nc2ncccc2C#N)C(C)C1. The molecule has 1 N–H and O–H groups in total. The van der Waals surface area contributed by atoms with Gasteiger partial charge in [0.05, 0.1) is 5.56 Å². The average Bonchev–Trinajstić information content (AvgIpc) is 2.54. The van der Waals surface area contributed by atoms with Crippen molar-refractivity contribution < 1.29 is 4.74 Å². The second-order valence-electron chi connectivity index (χ2n) is 5.88. The van der Waals surface area contributed by atoms with Crippen LogP contribution in [-0.2, 0) is 4.74 Å². The summed E-state index contributed by atoms with van der Waals surface area (Å²) in [7, 11) is 0. The molecule has 1 saturated heterocycles. The Morgan fingerprint density at radius 2 is 2.41 bits per heavy atom. The molecular formula is C17H26N4O. The monoisotopic (exact) mass is 302 g/mol. The number of ether oxygens (including phenoxy) is 1. The first-order valence-corrected chi connectivity index (χ1v) is 8.16. The van der Waals surface area contributed by atoms with Crippen LogP contribution in [0.25, 0.3) is 0 Å². The van der Waals surface area contributed by atoms with E-state index in [0.717, 1.165) is 45.7 Å². The van der Waals surface area contributed by atoms with Gasteiger partial charge in [-0.3, -0.25) is 0 Å². The van der Waals surface area contributed by atoms with Gasteiger partial charge in [0.1, 0.15) is 11.9 Å². The molecule has 0 amide bonds. The Hall–Kier alpha value is -1.64. The van der Waals surface area contributed by atoms with Crippen LogP contribution in [0.15, 0.2) is 18.3 Å². The summed E-state index contributed by atoms with van der Waals surface area (Å²) in [6.45, 7) is 9.22. The molecule has 2 atom stereocenters. The molecule has 0 aliphatic carbocycles. The van der Waals surface area contributed by atoms with Crippen molar-refractivity contribution in [3.8, 4) is 6.07 Å². The molecule has 2 heterocycles.